The third kappa shape index (κ3) is 12.6. The van der Waals surface area contributed by atoms with Crippen molar-refractivity contribution in [3.05, 3.63) is 71.8 Å². The number of carbonyl (C=O) groups is 6. The summed E-state index contributed by atoms with van der Waals surface area (Å²) >= 11 is 0. The summed E-state index contributed by atoms with van der Waals surface area (Å²) in [4.78, 5) is 73.7. The SMILES string of the molecule is N=C(N)NCCC[C@H](NC(=O)OCc1ccccc1)C(=O)NCC(=O)N[C@@H](CC(=O)O)C(=O)NC(=O)c1ccccc1. The molecule has 0 aliphatic carbocycles. The summed E-state index contributed by atoms with van der Waals surface area (Å²) in [7, 11) is 0. The van der Waals surface area contributed by atoms with Crippen molar-refractivity contribution in [3.63, 3.8) is 0 Å². The van der Waals surface area contributed by atoms with E-state index in [-0.39, 0.29) is 31.1 Å². The van der Waals surface area contributed by atoms with Gasteiger partial charge < -0.3 is 36.8 Å². The van der Waals surface area contributed by atoms with Crippen molar-refractivity contribution in [1.29, 1.82) is 5.41 Å². The van der Waals surface area contributed by atoms with Gasteiger partial charge in [-0.1, -0.05) is 48.5 Å². The molecule has 0 bridgehead atoms. The lowest BCUT2D eigenvalue weighted by atomic mass is 10.1. The van der Waals surface area contributed by atoms with Crippen LogP contribution in [0, 0.1) is 5.41 Å². The van der Waals surface area contributed by atoms with Crippen molar-refractivity contribution in [2.45, 2.75) is 38.0 Å². The monoisotopic (exact) mass is 583 g/mol. The van der Waals surface area contributed by atoms with Crippen LogP contribution in [0.4, 0.5) is 4.79 Å². The number of nitrogens with one attached hydrogen (secondary N) is 6. The molecule has 9 N–H and O–H groups in total. The Balaban J connectivity index is 1.95. The molecule has 15 nitrogen and oxygen atoms in total. The number of carboxylic acids is 1. The van der Waals surface area contributed by atoms with Crippen LogP contribution in [-0.4, -0.2) is 71.9 Å². The van der Waals surface area contributed by atoms with Crippen LogP contribution in [0.1, 0.15) is 35.2 Å². The van der Waals surface area contributed by atoms with E-state index < -0.39 is 60.7 Å². The minimum atomic E-state index is -1.61. The van der Waals surface area contributed by atoms with Crippen LogP contribution in [0.2, 0.25) is 0 Å². The minimum Gasteiger partial charge on any atom is -0.481 e. The number of benzene rings is 2. The fourth-order valence-corrected chi connectivity index (χ4v) is 3.49. The van der Waals surface area contributed by atoms with Crippen LogP contribution in [-0.2, 0) is 30.5 Å². The zero-order valence-corrected chi connectivity index (χ0v) is 22.6. The Morgan fingerprint density at radius 3 is 2.12 bits per heavy atom. The predicted octanol–water partition coefficient (Wildman–Crippen LogP) is -0.423. The van der Waals surface area contributed by atoms with Crippen molar-refractivity contribution in [3.8, 4) is 0 Å². The Morgan fingerprint density at radius 1 is 0.857 bits per heavy atom. The zero-order chi connectivity index (χ0) is 30.9. The molecule has 0 saturated heterocycles. The fraction of sp³-hybridized carbons (Fsp3) is 0.296. The lowest BCUT2D eigenvalue weighted by molar-refractivity contribution is -0.140. The Labute approximate surface area is 241 Å². The summed E-state index contributed by atoms with van der Waals surface area (Å²) in [5.74, 6) is -5.20. The number of ether oxygens (including phenoxy) is 1. The number of alkyl carbamates (subject to hydrolysis) is 1. The van der Waals surface area contributed by atoms with E-state index >= 15 is 0 Å². The standard InChI is InChI=1S/C27H33N7O8/c28-26(29)30-13-7-12-19(33-27(41)42-16-17-8-3-1-4-9-17)24(39)31-15-21(35)32-20(14-22(36)37)25(40)34-23(38)18-10-5-2-6-11-18/h1-6,8-11,19-20H,7,12-16H2,(H,31,39)(H,32,35)(H,33,41)(H,36,37)(H4,28,29,30)(H,34,38,40)/t19-,20-/m0/s1. The van der Waals surface area contributed by atoms with Crippen molar-refractivity contribution in [2.75, 3.05) is 13.1 Å². The Kier molecular flexibility index (Phi) is 13.5. The Hall–Kier alpha value is -5.47. The molecule has 0 radical (unpaired) electrons. The number of carbonyl (C=O) groups excluding carboxylic acids is 5. The molecule has 0 unspecified atom stereocenters. The maximum Gasteiger partial charge on any atom is 0.408 e. The van der Waals surface area contributed by atoms with E-state index in [1.807, 2.05) is 5.32 Å². The highest BCUT2D eigenvalue weighted by atomic mass is 16.5. The summed E-state index contributed by atoms with van der Waals surface area (Å²) < 4.78 is 5.15. The van der Waals surface area contributed by atoms with Crippen molar-refractivity contribution in [2.24, 2.45) is 5.73 Å². The number of rotatable bonds is 15. The van der Waals surface area contributed by atoms with Crippen LogP contribution >= 0.6 is 0 Å². The molecule has 15 heteroatoms. The van der Waals surface area contributed by atoms with E-state index in [2.05, 4.69) is 21.3 Å². The van der Waals surface area contributed by atoms with Gasteiger partial charge in [-0.15, -0.1) is 0 Å². The number of hydrogen-bond donors (Lipinski definition) is 8. The first kappa shape index (κ1) is 32.7. The highest BCUT2D eigenvalue weighted by Crippen LogP contribution is 2.03. The largest absolute Gasteiger partial charge is 0.481 e. The van der Waals surface area contributed by atoms with Gasteiger partial charge in [0.15, 0.2) is 5.96 Å². The molecule has 0 aliphatic rings. The van der Waals surface area contributed by atoms with Crippen LogP contribution < -0.4 is 32.3 Å². The van der Waals surface area contributed by atoms with E-state index in [0.717, 1.165) is 5.56 Å². The van der Waals surface area contributed by atoms with E-state index in [1.165, 1.54) is 12.1 Å². The van der Waals surface area contributed by atoms with Gasteiger partial charge in [-0.25, -0.2) is 4.79 Å². The zero-order valence-electron chi connectivity index (χ0n) is 22.6. The number of imide groups is 1. The summed E-state index contributed by atoms with van der Waals surface area (Å²) in [6.45, 7) is -0.485. The highest BCUT2D eigenvalue weighted by molar-refractivity contribution is 6.07. The topological polar surface area (TPSA) is 242 Å². The summed E-state index contributed by atoms with van der Waals surface area (Å²) in [5.41, 5.74) is 6.12. The normalized spacial score (nSPS) is 11.6. The molecule has 0 aromatic heterocycles. The fourth-order valence-electron chi connectivity index (χ4n) is 3.49. The predicted molar refractivity (Wildman–Crippen MR) is 149 cm³/mol. The third-order valence-corrected chi connectivity index (χ3v) is 5.53. The van der Waals surface area contributed by atoms with Gasteiger partial charge >= 0.3 is 12.1 Å². The second-order valence-electron chi connectivity index (χ2n) is 8.86. The van der Waals surface area contributed by atoms with Crippen LogP contribution in [0.15, 0.2) is 60.7 Å². The molecule has 2 aromatic carbocycles. The molecule has 0 aliphatic heterocycles. The Bertz CT molecular complexity index is 1260. The maximum atomic E-state index is 12.8. The van der Waals surface area contributed by atoms with E-state index in [4.69, 9.17) is 21.0 Å². The quantitative estimate of drug-likeness (QED) is 0.0764. The first-order valence-corrected chi connectivity index (χ1v) is 12.8. The van der Waals surface area contributed by atoms with Crippen molar-refractivity contribution >= 4 is 41.7 Å². The van der Waals surface area contributed by atoms with Gasteiger partial charge in [0, 0.05) is 12.1 Å². The lowest BCUT2D eigenvalue weighted by Gasteiger charge is -2.20. The van der Waals surface area contributed by atoms with Gasteiger partial charge in [0.05, 0.1) is 13.0 Å². The first-order valence-electron chi connectivity index (χ1n) is 12.8. The summed E-state index contributed by atoms with van der Waals surface area (Å²) in [6, 6.07) is 13.8. The number of carboxylic acid groups (broad SMARTS) is 1. The molecule has 0 heterocycles. The van der Waals surface area contributed by atoms with Crippen molar-refractivity contribution < 1.29 is 38.6 Å². The highest BCUT2D eigenvalue weighted by Gasteiger charge is 2.27. The van der Waals surface area contributed by atoms with Gasteiger partial charge in [-0.2, -0.15) is 0 Å². The molecule has 2 atom stereocenters. The van der Waals surface area contributed by atoms with E-state index in [0.29, 0.717) is 6.42 Å². The molecule has 5 amide bonds. The Morgan fingerprint density at radius 2 is 1.50 bits per heavy atom. The van der Waals surface area contributed by atoms with Crippen LogP contribution in [0.3, 0.4) is 0 Å². The number of nitrogens with two attached hydrogens (primary N) is 1. The first-order chi connectivity index (χ1) is 20.0. The van der Waals surface area contributed by atoms with E-state index in [1.54, 1.807) is 48.5 Å². The number of guanidine groups is 1. The smallest absolute Gasteiger partial charge is 0.408 e. The second-order valence-corrected chi connectivity index (χ2v) is 8.86. The average Bonchev–Trinajstić information content (AvgIpc) is 2.96. The van der Waals surface area contributed by atoms with Gasteiger partial charge in [0.25, 0.3) is 5.91 Å². The van der Waals surface area contributed by atoms with Crippen LogP contribution in [0.5, 0.6) is 0 Å². The maximum absolute atomic E-state index is 12.8. The van der Waals surface area contributed by atoms with Gasteiger partial charge in [-0.05, 0) is 30.5 Å². The molecule has 42 heavy (non-hydrogen) atoms. The molecule has 2 rings (SSSR count). The van der Waals surface area contributed by atoms with Gasteiger partial charge in [0.2, 0.25) is 17.7 Å². The molecule has 2 aromatic rings. The van der Waals surface area contributed by atoms with Crippen molar-refractivity contribution in [1.82, 2.24) is 26.6 Å². The molecule has 224 valence electrons. The van der Waals surface area contributed by atoms with E-state index in [9.17, 15) is 28.8 Å². The van der Waals surface area contributed by atoms with Gasteiger partial charge in [0.1, 0.15) is 18.7 Å². The summed E-state index contributed by atoms with van der Waals surface area (Å²) in [5, 5.41) is 27.9. The second kappa shape index (κ2) is 17.3. The molecule has 0 spiro atoms. The summed E-state index contributed by atoms with van der Waals surface area (Å²) in [6.07, 6.45) is -1.32. The number of hydrogen-bond acceptors (Lipinski definition) is 8. The number of aliphatic carboxylic acids is 1. The van der Waals surface area contributed by atoms with Gasteiger partial charge in [-0.3, -0.25) is 34.7 Å². The third-order valence-electron chi connectivity index (χ3n) is 5.53. The minimum absolute atomic E-state index is 0.0465. The molecular weight excluding hydrogens is 550 g/mol. The number of amides is 5. The van der Waals surface area contributed by atoms with Crippen LogP contribution in [0.25, 0.3) is 0 Å². The average molecular weight is 584 g/mol. The molecule has 0 fully saturated rings. The molecular formula is C27H33N7O8. The lowest BCUT2D eigenvalue weighted by Crippen LogP contribution is -2.53. The molecule has 0 saturated carbocycles.